The van der Waals surface area contributed by atoms with E-state index in [1.807, 2.05) is 5.38 Å². The molecule has 1 aromatic heterocycles. The summed E-state index contributed by atoms with van der Waals surface area (Å²) in [6, 6.07) is 0. The van der Waals surface area contributed by atoms with Gasteiger partial charge in [0.05, 0.1) is 5.69 Å². The predicted octanol–water partition coefficient (Wildman–Crippen LogP) is 4.94. The van der Waals surface area contributed by atoms with Crippen LogP contribution in [0.25, 0.3) is 0 Å². The van der Waals surface area contributed by atoms with Crippen molar-refractivity contribution in [1.29, 1.82) is 0 Å². The fourth-order valence-corrected chi connectivity index (χ4v) is 4.25. The molecule has 0 bridgehead atoms. The van der Waals surface area contributed by atoms with Gasteiger partial charge in [-0.25, -0.2) is 4.98 Å². The number of nitrogens with zero attached hydrogens (tertiary/aromatic N) is 1. The molecule has 1 aromatic rings. The van der Waals surface area contributed by atoms with Gasteiger partial charge in [-0.05, 0) is 37.9 Å². The number of anilines is 1. The maximum absolute atomic E-state index is 12.3. The summed E-state index contributed by atoms with van der Waals surface area (Å²) < 4.78 is 0. The minimum Gasteiger partial charge on any atom is -0.302 e. The van der Waals surface area contributed by atoms with Crippen LogP contribution in [0.2, 0.25) is 0 Å². The lowest BCUT2D eigenvalue weighted by Crippen LogP contribution is -2.27. The van der Waals surface area contributed by atoms with Crippen LogP contribution in [0, 0.1) is 11.8 Å². The minimum atomic E-state index is 0.175. The van der Waals surface area contributed by atoms with Crippen LogP contribution in [0.3, 0.4) is 0 Å². The van der Waals surface area contributed by atoms with Crippen LogP contribution in [0.1, 0.15) is 57.6 Å². The topological polar surface area (TPSA) is 42.0 Å². The van der Waals surface area contributed by atoms with E-state index in [1.165, 1.54) is 43.4 Å². The first-order chi connectivity index (χ1) is 10.2. The Balaban J connectivity index is 1.76. The zero-order chi connectivity index (χ0) is 15.1. The molecule has 0 aliphatic heterocycles. The molecule has 0 aromatic carbocycles. The predicted molar refractivity (Wildman–Crippen MR) is 92.9 cm³/mol. The van der Waals surface area contributed by atoms with E-state index in [9.17, 15) is 4.79 Å². The first kappa shape index (κ1) is 16.8. The Morgan fingerprint density at radius 3 is 2.86 bits per heavy atom. The standard InChI is InChI=1S/C16H26N2OS2/c1-3-4-5-12-6-8-13(9-7-12)15(19)18-16-17-14(10-20-2)11-21-16/h11-13H,3-10H2,1-2H3,(H,17,18,19). The van der Waals surface area contributed by atoms with E-state index in [-0.39, 0.29) is 11.8 Å². The van der Waals surface area contributed by atoms with Gasteiger partial charge < -0.3 is 5.32 Å². The normalized spacial score (nSPS) is 22.2. The third-order valence-electron chi connectivity index (χ3n) is 4.26. The SMILES string of the molecule is CCCCC1CCC(C(=O)Nc2nc(CSC)cs2)CC1. The van der Waals surface area contributed by atoms with E-state index in [0.717, 1.165) is 35.3 Å². The minimum absolute atomic E-state index is 0.175. The highest BCUT2D eigenvalue weighted by atomic mass is 32.2. The molecule has 2 rings (SSSR count). The number of thiazole rings is 1. The maximum Gasteiger partial charge on any atom is 0.229 e. The Labute approximate surface area is 136 Å². The Kier molecular flexibility index (Phi) is 7.04. The first-order valence-corrected chi connectivity index (χ1v) is 10.2. The zero-order valence-electron chi connectivity index (χ0n) is 13.1. The van der Waals surface area contributed by atoms with Crippen LogP contribution in [0.15, 0.2) is 5.38 Å². The van der Waals surface area contributed by atoms with Crippen molar-refractivity contribution in [3.63, 3.8) is 0 Å². The number of aromatic nitrogens is 1. The highest BCUT2D eigenvalue weighted by molar-refractivity contribution is 7.97. The van der Waals surface area contributed by atoms with Crippen LogP contribution in [0.4, 0.5) is 5.13 Å². The van der Waals surface area contributed by atoms with Crippen molar-refractivity contribution in [2.45, 2.75) is 57.6 Å². The molecule has 5 heteroatoms. The van der Waals surface area contributed by atoms with Crippen molar-refractivity contribution in [3.8, 4) is 0 Å². The summed E-state index contributed by atoms with van der Waals surface area (Å²) in [6.07, 6.45) is 10.5. The van der Waals surface area contributed by atoms with E-state index < -0.39 is 0 Å². The van der Waals surface area contributed by atoms with E-state index in [1.54, 1.807) is 11.8 Å². The van der Waals surface area contributed by atoms with Crippen molar-refractivity contribution in [2.75, 3.05) is 11.6 Å². The quantitative estimate of drug-likeness (QED) is 0.771. The Morgan fingerprint density at radius 1 is 1.43 bits per heavy atom. The van der Waals surface area contributed by atoms with E-state index in [4.69, 9.17) is 0 Å². The number of amides is 1. The van der Waals surface area contributed by atoms with Crippen LogP contribution in [0.5, 0.6) is 0 Å². The van der Waals surface area contributed by atoms with E-state index in [2.05, 4.69) is 23.5 Å². The van der Waals surface area contributed by atoms with Crippen LogP contribution in [-0.2, 0) is 10.5 Å². The van der Waals surface area contributed by atoms with Gasteiger partial charge in [-0.15, -0.1) is 11.3 Å². The van der Waals surface area contributed by atoms with Gasteiger partial charge in [0, 0.05) is 17.1 Å². The van der Waals surface area contributed by atoms with Gasteiger partial charge in [-0.3, -0.25) is 4.79 Å². The maximum atomic E-state index is 12.3. The van der Waals surface area contributed by atoms with Crippen LogP contribution in [-0.4, -0.2) is 17.1 Å². The van der Waals surface area contributed by atoms with Crippen LogP contribution >= 0.6 is 23.1 Å². The van der Waals surface area contributed by atoms with Gasteiger partial charge in [0.25, 0.3) is 0 Å². The fraction of sp³-hybridized carbons (Fsp3) is 0.750. The molecule has 118 valence electrons. The average Bonchev–Trinajstić information content (AvgIpc) is 2.93. The molecule has 1 amide bonds. The van der Waals surface area contributed by atoms with E-state index in [0.29, 0.717) is 0 Å². The summed E-state index contributed by atoms with van der Waals surface area (Å²) in [5.74, 6) is 2.13. The van der Waals surface area contributed by atoms with Gasteiger partial charge >= 0.3 is 0 Å². The summed E-state index contributed by atoms with van der Waals surface area (Å²) >= 11 is 3.29. The highest BCUT2D eigenvalue weighted by Gasteiger charge is 2.26. The average molecular weight is 327 g/mol. The Morgan fingerprint density at radius 2 is 2.19 bits per heavy atom. The molecule has 1 N–H and O–H groups in total. The molecule has 1 saturated carbocycles. The monoisotopic (exact) mass is 326 g/mol. The zero-order valence-corrected chi connectivity index (χ0v) is 14.7. The van der Waals surface area contributed by atoms with Crippen molar-refractivity contribution < 1.29 is 4.79 Å². The number of nitrogens with one attached hydrogen (secondary N) is 1. The number of hydrogen-bond acceptors (Lipinski definition) is 4. The number of unbranched alkanes of at least 4 members (excludes halogenated alkanes) is 1. The molecule has 1 fully saturated rings. The highest BCUT2D eigenvalue weighted by Crippen LogP contribution is 2.32. The third kappa shape index (κ3) is 5.29. The largest absolute Gasteiger partial charge is 0.302 e. The lowest BCUT2D eigenvalue weighted by atomic mass is 9.79. The molecule has 0 atom stereocenters. The van der Waals surface area contributed by atoms with Gasteiger partial charge in [-0.1, -0.05) is 26.2 Å². The molecule has 1 heterocycles. The summed E-state index contributed by atoms with van der Waals surface area (Å²) in [7, 11) is 0. The van der Waals surface area contributed by atoms with E-state index >= 15 is 0 Å². The summed E-state index contributed by atoms with van der Waals surface area (Å²) in [5, 5.41) is 5.80. The Hall–Kier alpha value is -0.550. The molecular weight excluding hydrogens is 300 g/mol. The summed E-state index contributed by atoms with van der Waals surface area (Å²) in [5.41, 5.74) is 1.06. The molecule has 0 unspecified atom stereocenters. The Bertz CT molecular complexity index is 439. The molecule has 1 aliphatic carbocycles. The lowest BCUT2D eigenvalue weighted by molar-refractivity contribution is -0.121. The summed E-state index contributed by atoms with van der Waals surface area (Å²) in [6.45, 7) is 2.25. The summed E-state index contributed by atoms with van der Waals surface area (Å²) in [4.78, 5) is 16.8. The number of carbonyl (C=O) groups excluding carboxylic acids is 1. The molecule has 0 radical (unpaired) electrons. The van der Waals surface area contributed by atoms with Gasteiger partial charge in [0.1, 0.15) is 0 Å². The number of thioether (sulfide) groups is 1. The van der Waals surface area contributed by atoms with Crippen molar-refractivity contribution in [1.82, 2.24) is 4.98 Å². The molecule has 1 aliphatic rings. The fourth-order valence-electron chi connectivity index (χ4n) is 2.99. The smallest absolute Gasteiger partial charge is 0.229 e. The molecule has 3 nitrogen and oxygen atoms in total. The first-order valence-electron chi connectivity index (χ1n) is 7.97. The van der Waals surface area contributed by atoms with Crippen LogP contribution < -0.4 is 5.32 Å². The number of hydrogen-bond donors (Lipinski definition) is 1. The second-order valence-corrected chi connectivity index (χ2v) is 7.65. The molecule has 0 spiro atoms. The van der Waals surface area contributed by atoms with Crippen molar-refractivity contribution in [2.24, 2.45) is 11.8 Å². The molecule has 21 heavy (non-hydrogen) atoms. The van der Waals surface area contributed by atoms with Gasteiger partial charge in [-0.2, -0.15) is 11.8 Å². The molecular formula is C16H26N2OS2. The lowest BCUT2D eigenvalue weighted by Gasteiger charge is -2.27. The second kappa shape index (κ2) is 8.79. The molecule has 0 saturated heterocycles. The third-order valence-corrected chi connectivity index (χ3v) is 5.65. The van der Waals surface area contributed by atoms with Gasteiger partial charge in [0.2, 0.25) is 5.91 Å². The second-order valence-electron chi connectivity index (χ2n) is 5.93. The number of carbonyl (C=O) groups is 1. The number of rotatable bonds is 7. The van der Waals surface area contributed by atoms with Crippen molar-refractivity contribution >= 4 is 34.1 Å². The van der Waals surface area contributed by atoms with Gasteiger partial charge in [0.15, 0.2) is 5.13 Å². The van der Waals surface area contributed by atoms with Crippen molar-refractivity contribution in [3.05, 3.63) is 11.1 Å².